The van der Waals surface area contributed by atoms with Gasteiger partial charge in [-0.1, -0.05) is 18.2 Å². The van der Waals surface area contributed by atoms with Gasteiger partial charge < -0.3 is 5.11 Å². The molecule has 20 heavy (non-hydrogen) atoms. The van der Waals surface area contributed by atoms with E-state index in [0.29, 0.717) is 0 Å². The normalized spacial score (nSPS) is 11.2. The van der Waals surface area contributed by atoms with Crippen molar-refractivity contribution in [2.45, 2.75) is 11.3 Å². The highest BCUT2D eigenvalue weighted by molar-refractivity contribution is 7.92. The molecule has 1 aromatic heterocycles. The Morgan fingerprint density at radius 2 is 2.00 bits per heavy atom. The van der Waals surface area contributed by atoms with E-state index in [9.17, 15) is 13.2 Å². The van der Waals surface area contributed by atoms with Crippen LogP contribution in [0.1, 0.15) is 6.42 Å². The lowest BCUT2D eigenvalue weighted by Crippen LogP contribution is -2.34. The number of carboxylic acids is 1. The first-order valence-corrected chi connectivity index (χ1v) is 7.11. The van der Waals surface area contributed by atoms with Gasteiger partial charge in [0, 0.05) is 6.54 Å². The third-order valence-corrected chi connectivity index (χ3v) is 4.30. The summed E-state index contributed by atoms with van der Waals surface area (Å²) in [6.45, 7) is -0.234. The molecule has 0 spiro atoms. The summed E-state index contributed by atoms with van der Waals surface area (Å²) in [6, 6.07) is 7.72. The Morgan fingerprint density at radius 3 is 2.55 bits per heavy atom. The van der Waals surface area contributed by atoms with Gasteiger partial charge in [-0.25, -0.2) is 17.8 Å². The molecule has 0 saturated carbocycles. The predicted molar refractivity (Wildman–Crippen MR) is 69.6 cm³/mol. The van der Waals surface area contributed by atoms with E-state index in [1.54, 1.807) is 18.2 Å². The van der Waals surface area contributed by atoms with Gasteiger partial charge in [-0.3, -0.25) is 4.79 Å². The molecule has 2 aromatic rings. The van der Waals surface area contributed by atoms with E-state index < -0.39 is 16.0 Å². The van der Waals surface area contributed by atoms with E-state index in [1.807, 2.05) is 0 Å². The third kappa shape index (κ3) is 2.94. The number of anilines is 1. The molecule has 0 atom stereocenters. The van der Waals surface area contributed by atoms with E-state index in [0.717, 1.165) is 10.6 Å². The van der Waals surface area contributed by atoms with Crippen LogP contribution < -0.4 is 4.31 Å². The average Bonchev–Trinajstić information content (AvgIpc) is 2.93. The highest BCUT2D eigenvalue weighted by Gasteiger charge is 2.27. The van der Waals surface area contributed by atoms with Crippen molar-refractivity contribution in [1.82, 2.24) is 15.2 Å². The summed E-state index contributed by atoms with van der Waals surface area (Å²) in [4.78, 5) is 14.5. The number of aromatic nitrogens is 3. The van der Waals surface area contributed by atoms with Crippen molar-refractivity contribution in [3.05, 3.63) is 36.7 Å². The summed E-state index contributed by atoms with van der Waals surface area (Å²) in [5.41, 5.74) is 0. The number of nitrogens with one attached hydrogen (secondary N) is 1. The molecule has 0 bridgehead atoms. The molecule has 0 fully saturated rings. The lowest BCUT2D eigenvalue weighted by Gasteiger charge is -2.20. The summed E-state index contributed by atoms with van der Waals surface area (Å²) in [7, 11) is -3.88. The topological polar surface area (TPSA) is 116 Å². The highest BCUT2D eigenvalue weighted by atomic mass is 32.2. The number of H-pyrrole nitrogens is 1. The van der Waals surface area contributed by atoms with Crippen LogP contribution in [0.5, 0.6) is 0 Å². The molecule has 2 N–H and O–H groups in total. The van der Waals surface area contributed by atoms with Crippen LogP contribution in [0.15, 0.2) is 41.6 Å². The molecule has 1 aromatic carbocycles. The van der Waals surface area contributed by atoms with Gasteiger partial charge in [-0.15, -0.1) is 0 Å². The molecule has 9 heteroatoms. The number of hydrogen-bond acceptors (Lipinski definition) is 5. The number of hydrogen-bond donors (Lipinski definition) is 2. The maximum Gasteiger partial charge on any atom is 0.305 e. The Bertz CT molecular complexity index is 670. The summed E-state index contributed by atoms with van der Waals surface area (Å²) in [5.74, 6) is -1.12. The maximum absolute atomic E-state index is 12.5. The van der Waals surface area contributed by atoms with Crippen molar-refractivity contribution < 1.29 is 18.3 Å². The molecule has 0 aliphatic rings. The van der Waals surface area contributed by atoms with Gasteiger partial charge in [-0.2, -0.15) is 10.1 Å². The van der Waals surface area contributed by atoms with Gasteiger partial charge in [0.1, 0.15) is 6.33 Å². The largest absolute Gasteiger partial charge is 0.481 e. The number of carboxylic acid groups (broad SMARTS) is 1. The zero-order valence-corrected chi connectivity index (χ0v) is 11.1. The maximum atomic E-state index is 12.5. The second-order valence-corrected chi connectivity index (χ2v) is 5.71. The van der Waals surface area contributed by atoms with Crippen molar-refractivity contribution in [2.24, 2.45) is 0 Å². The van der Waals surface area contributed by atoms with Gasteiger partial charge >= 0.3 is 5.97 Å². The lowest BCUT2D eigenvalue weighted by molar-refractivity contribution is -0.136. The van der Waals surface area contributed by atoms with Gasteiger partial charge in [0.25, 0.3) is 10.0 Å². The second kappa shape index (κ2) is 5.70. The van der Waals surface area contributed by atoms with Crippen molar-refractivity contribution >= 4 is 21.9 Å². The molecule has 0 aliphatic carbocycles. The average molecular weight is 296 g/mol. The Morgan fingerprint density at radius 1 is 1.30 bits per heavy atom. The molecule has 0 unspecified atom stereocenters. The first kappa shape index (κ1) is 14.0. The first-order chi connectivity index (χ1) is 9.51. The standard InChI is InChI=1S/C11H12N4O4S/c16-10(17)6-7-15(11-12-8-13-14-11)20(18,19)9-4-2-1-3-5-9/h1-5,8H,6-7H2,(H,16,17)(H,12,13,14). The summed E-state index contributed by atoms with van der Waals surface area (Å²) in [5, 5.41) is 14.7. The third-order valence-electron chi connectivity index (χ3n) is 2.50. The van der Waals surface area contributed by atoms with Crippen LogP contribution in [0.4, 0.5) is 5.95 Å². The summed E-state index contributed by atoms with van der Waals surface area (Å²) in [6.07, 6.45) is 0.816. The quantitative estimate of drug-likeness (QED) is 0.800. The van der Waals surface area contributed by atoms with Gasteiger partial charge in [0.2, 0.25) is 5.95 Å². The molecule has 0 radical (unpaired) electrons. The summed E-state index contributed by atoms with van der Waals surface area (Å²) < 4.78 is 25.9. The molecular formula is C11H12N4O4S. The number of aromatic amines is 1. The van der Waals surface area contributed by atoms with E-state index in [-0.39, 0.29) is 23.8 Å². The number of sulfonamides is 1. The van der Waals surface area contributed by atoms with Crippen LogP contribution in [0.3, 0.4) is 0 Å². The van der Waals surface area contributed by atoms with E-state index in [1.165, 1.54) is 12.1 Å². The van der Waals surface area contributed by atoms with Crippen LogP contribution in [0, 0.1) is 0 Å². The Kier molecular flexibility index (Phi) is 3.99. The zero-order valence-electron chi connectivity index (χ0n) is 10.3. The number of aliphatic carboxylic acids is 1. The fourth-order valence-electron chi connectivity index (χ4n) is 1.58. The fourth-order valence-corrected chi connectivity index (χ4v) is 2.98. The SMILES string of the molecule is O=C(O)CCN(c1ncn[nH]1)S(=O)(=O)c1ccccc1. The Balaban J connectivity index is 2.38. The lowest BCUT2D eigenvalue weighted by atomic mass is 10.4. The van der Waals surface area contributed by atoms with Crippen LogP contribution in [-0.4, -0.2) is 41.2 Å². The van der Waals surface area contributed by atoms with Crippen LogP contribution in [0.2, 0.25) is 0 Å². The minimum absolute atomic E-state index is 0.0184. The fraction of sp³-hybridized carbons (Fsp3) is 0.182. The second-order valence-electron chi connectivity index (χ2n) is 3.84. The van der Waals surface area contributed by atoms with Gasteiger partial charge in [0.05, 0.1) is 11.3 Å². The van der Waals surface area contributed by atoms with Crippen molar-refractivity contribution in [2.75, 3.05) is 10.8 Å². The number of carbonyl (C=O) groups is 1. The number of nitrogens with zero attached hydrogens (tertiary/aromatic N) is 3. The molecule has 1 heterocycles. The smallest absolute Gasteiger partial charge is 0.305 e. The van der Waals surface area contributed by atoms with Crippen LogP contribution in [0.25, 0.3) is 0 Å². The summed E-state index contributed by atoms with van der Waals surface area (Å²) >= 11 is 0. The van der Waals surface area contributed by atoms with Gasteiger partial charge in [-0.05, 0) is 12.1 Å². The minimum Gasteiger partial charge on any atom is -0.481 e. The first-order valence-electron chi connectivity index (χ1n) is 5.67. The Labute approximate surface area is 115 Å². The minimum atomic E-state index is -3.88. The molecule has 0 saturated heterocycles. The predicted octanol–water partition coefficient (Wildman–Crippen LogP) is 0.475. The van der Waals surface area contributed by atoms with Crippen molar-refractivity contribution in [3.63, 3.8) is 0 Å². The molecule has 0 amide bonds. The van der Waals surface area contributed by atoms with E-state index >= 15 is 0 Å². The van der Waals surface area contributed by atoms with Crippen molar-refractivity contribution in [3.8, 4) is 0 Å². The zero-order chi connectivity index (χ0) is 14.6. The van der Waals surface area contributed by atoms with Gasteiger partial charge in [0.15, 0.2) is 0 Å². The van der Waals surface area contributed by atoms with Crippen LogP contribution >= 0.6 is 0 Å². The molecule has 8 nitrogen and oxygen atoms in total. The number of rotatable bonds is 6. The molecule has 2 rings (SSSR count). The van der Waals surface area contributed by atoms with Crippen molar-refractivity contribution in [1.29, 1.82) is 0 Å². The molecular weight excluding hydrogens is 284 g/mol. The number of benzene rings is 1. The van der Waals surface area contributed by atoms with E-state index in [4.69, 9.17) is 5.11 Å². The molecule has 0 aliphatic heterocycles. The van der Waals surface area contributed by atoms with E-state index in [2.05, 4.69) is 15.2 Å². The Hall–Kier alpha value is -2.42. The molecule has 106 valence electrons. The monoisotopic (exact) mass is 296 g/mol. The highest BCUT2D eigenvalue weighted by Crippen LogP contribution is 2.19. The van der Waals surface area contributed by atoms with Crippen LogP contribution in [-0.2, 0) is 14.8 Å².